The van der Waals surface area contributed by atoms with Crippen LogP contribution in [0.25, 0.3) is 0 Å². The lowest BCUT2D eigenvalue weighted by atomic mass is 9.68. The molecular formula is C39H35N3O9S2. The molecule has 1 saturated heterocycles. The van der Waals surface area contributed by atoms with Crippen molar-refractivity contribution in [2.75, 3.05) is 30.0 Å². The largest absolute Gasteiger partial charge is 0.484 e. The number of aromatic amines is 1. The summed E-state index contributed by atoms with van der Waals surface area (Å²) in [5.74, 6) is -2.64. The Morgan fingerprint density at radius 3 is 2.15 bits per heavy atom. The minimum Gasteiger partial charge on any atom is -0.484 e. The molecule has 0 radical (unpaired) electrons. The highest BCUT2D eigenvalue weighted by Gasteiger charge is 2.69. The number of hydrogen-bond donors (Lipinski definition) is 2. The van der Waals surface area contributed by atoms with E-state index >= 15 is 0 Å². The monoisotopic (exact) mass is 753 g/mol. The molecule has 53 heavy (non-hydrogen) atoms. The summed E-state index contributed by atoms with van der Waals surface area (Å²) in [7, 11) is 0. The number of rotatable bonds is 10. The number of anilines is 2. The number of carbonyl (C=O) groups is 5. The number of carbonyl (C=O) groups excluding carboxylic acids is 5. The molecule has 272 valence electrons. The first kappa shape index (κ1) is 34.9. The van der Waals surface area contributed by atoms with Crippen LogP contribution < -0.4 is 19.8 Å². The highest BCUT2D eigenvalue weighted by atomic mass is 32.2. The molecule has 0 spiro atoms. The molecule has 2 N–H and O–H groups in total. The molecule has 7 atom stereocenters. The Hall–Kier alpha value is -5.21. The van der Waals surface area contributed by atoms with Crippen LogP contribution in [0.5, 0.6) is 5.75 Å². The van der Waals surface area contributed by atoms with Crippen molar-refractivity contribution in [3.63, 3.8) is 0 Å². The Kier molecular flexibility index (Phi) is 9.19. The third-order valence-electron chi connectivity index (χ3n) is 10.6. The van der Waals surface area contributed by atoms with E-state index in [0.717, 1.165) is 21.9 Å². The molecule has 3 heterocycles. The van der Waals surface area contributed by atoms with E-state index in [0.29, 0.717) is 28.3 Å². The highest BCUT2D eigenvalue weighted by Crippen LogP contribution is 2.68. The normalized spacial score (nSPS) is 25.0. The Morgan fingerprint density at radius 1 is 0.849 bits per heavy atom. The van der Waals surface area contributed by atoms with E-state index in [1.54, 1.807) is 80.2 Å². The zero-order valence-electron chi connectivity index (χ0n) is 28.7. The van der Waals surface area contributed by atoms with Crippen LogP contribution in [0, 0.1) is 29.6 Å². The van der Waals surface area contributed by atoms with Gasteiger partial charge in [0, 0.05) is 21.7 Å². The Bertz CT molecular complexity index is 2180. The second kappa shape index (κ2) is 14.0. The van der Waals surface area contributed by atoms with Gasteiger partial charge >= 0.3 is 16.8 Å². The van der Waals surface area contributed by atoms with E-state index in [2.05, 4.69) is 10.3 Å². The average Bonchev–Trinajstić information content (AvgIpc) is 3.90. The smallest absolute Gasteiger partial charge is 0.338 e. The number of fused-ring (bicyclic) bond motifs is 9. The summed E-state index contributed by atoms with van der Waals surface area (Å²) in [4.78, 5) is 82.9. The molecular weight excluding hydrogens is 719 g/mol. The summed E-state index contributed by atoms with van der Waals surface area (Å²) in [6.07, 6.45) is 0.734. The van der Waals surface area contributed by atoms with Gasteiger partial charge in [-0.2, -0.15) is 0 Å². The highest BCUT2D eigenvalue weighted by molar-refractivity contribution is 8.00. The quantitative estimate of drug-likeness (QED) is 0.157. The molecule has 14 heteroatoms. The van der Waals surface area contributed by atoms with E-state index in [1.807, 2.05) is 18.2 Å². The molecule has 6 unspecified atom stereocenters. The van der Waals surface area contributed by atoms with Crippen molar-refractivity contribution in [1.82, 2.24) is 4.98 Å². The fraction of sp³-hybridized carbons (Fsp3) is 0.333. The van der Waals surface area contributed by atoms with Crippen molar-refractivity contribution in [3.8, 4) is 5.75 Å². The van der Waals surface area contributed by atoms with Crippen LogP contribution in [-0.4, -0.2) is 59.7 Å². The molecule has 8 rings (SSSR count). The summed E-state index contributed by atoms with van der Waals surface area (Å²) in [6, 6.07) is 20.2. The van der Waals surface area contributed by atoms with Crippen LogP contribution in [0.15, 0.2) is 82.6 Å². The first-order valence-electron chi connectivity index (χ1n) is 17.5. The summed E-state index contributed by atoms with van der Waals surface area (Å²) in [6.45, 7) is 3.70. The van der Waals surface area contributed by atoms with Crippen molar-refractivity contribution in [2.24, 2.45) is 29.6 Å². The third kappa shape index (κ3) is 6.13. The number of H-pyrrole nitrogens is 1. The molecule has 3 fully saturated rings. The van der Waals surface area contributed by atoms with Crippen molar-refractivity contribution in [3.05, 3.63) is 104 Å². The van der Waals surface area contributed by atoms with E-state index in [9.17, 15) is 28.8 Å². The van der Waals surface area contributed by atoms with Crippen molar-refractivity contribution in [2.45, 2.75) is 36.5 Å². The second-order valence-corrected chi connectivity index (χ2v) is 15.6. The molecule has 3 amide bonds. The number of hydrogen-bond acceptors (Lipinski definition) is 11. The zero-order valence-corrected chi connectivity index (χ0v) is 30.4. The number of benzene rings is 3. The van der Waals surface area contributed by atoms with Gasteiger partial charge in [-0.25, -0.2) is 9.59 Å². The number of thiazole rings is 1. The van der Waals surface area contributed by atoms with Gasteiger partial charge in [0.2, 0.25) is 11.8 Å². The van der Waals surface area contributed by atoms with Crippen LogP contribution in [0.3, 0.4) is 0 Å². The second-order valence-electron chi connectivity index (χ2n) is 13.4. The average molecular weight is 754 g/mol. The molecule has 2 aliphatic heterocycles. The molecule has 12 nitrogen and oxygen atoms in total. The molecule has 2 aliphatic carbocycles. The summed E-state index contributed by atoms with van der Waals surface area (Å²) in [5.41, 5.74) is 2.56. The minimum atomic E-state index is -0.492. The maximum atomic E-state index is 14.2. The van der Waals surface area contributed by atoms with Gasteiger partial charge in [-0.1, -0.05) is 23.5 Å². The molecule has 3 aromatic carbocycles. The van der Waals surface area contributed by atoms with Crippen LogP contribution in [0.1, 0.15) is 57.3 Å². The molecule has 4 aliphatic rings. The number of nitrogens with one attached hydrogen (secondary N) is 2. The standard InChI is InChI=1S/C39H35N3O9S2/c1-3-49-37(46)19-8-12-22(13-9-19)40-27(43)18-51-24-7-5-6-21(16-24)28-29-25-17-26(32(29)52-34-33(28)53-39(48)41-34)31-30(25)35(44)42(36(31)45)23-14-10-20(11-15-23)38(47)50-4-2/h5-16,25-26,28-32H,3-4,17-18H2,1-2H3,(H,40,43)(H,41,48)/t25?,26?,28-,29?,30?,31?,32?/m1/s1. The Balaban J connectivity index is 1.02. The van der Waals surface area contributed by atoms with Gasteiger partial charge in [-0.15, -0.1) is 11.8 Å². The van der Waals surface area contributed by atoms with Gasteiger partial charge in [0.1, 0.15) is 5.75 Å². The van der Waals surface area contributed by atoms with Crippen LogP contribution >= 0.6 is 23.1 Å². The first-order chi connectivity index (χ1) is 25.7. The van der Waals surface area contributed by atoms with E-state index < -0.39 is 23.8 Å². The van der Waals surface area contributed by atoms with Crippen LogP contribution in [0.2, 0.25) is 0 Å². The van der Waals surface area contributed by atoms with Gasteiger partial charge < -0.3 is 24.5 Å². The van der Waals surface area contributed by atoms with Crippen molar-refractivity contribution < 1.29 is 38.2 Å². The predicted molar refractivity (Wildman–Crippen MR) is 196 cm³/mol. The fourth-order valence-electron chi connectivity index (χ4n) is 8.65. The summed E-state index contributed by atoms with van der Waals surface area (Å²) < 4.78 is 16.0. The lowest BCUT2D eigenvalue weighted by Gasteiger charge is -2.43. The van der Waals surface area contributed by atoms with E-state index in [-0.39, 0.29) is 71.3 Å². The van der Waals surface area contributed by atoms with Crippen molar-refractivity contribution >= 4 is 64.1 Å². The topological polar surface area (TPSA) is 161 Å². The summed E-state index contributed by atoms with van der Waals surface area (Å²) in [5, 5.41) is 3.56. The maximum absolute atomic E-state index is 14.2. The third-order valence-corrected chi connectivity index (χ3v) is 13.2. The lowest BCUT2D eigenvalue weighted by Crippen LogP contribution is -2.42. The predicted octanol–water partition coefficient (Wildman–Crippen LogP) is 5.49. The van der Waals surface area contributed by atoms with Gasteiger partial charge in [0.15, 0.2) is 6.61 Å². The van der Waals surface area contributed by atoms with Crippen LogP contribution in [0.4, 0.5) is 11.4 Å². The molecule has 1 aromatic heterocycles. The van der Waals surface area contributed by atoms with Gasteiger partial charge in [0.25, 0.3) is 5.91 Å². The van der Waals surface area contributed by atoms with Gasteiger partial charge in [0.05, 0.1) is 46.9 Å². The van der Waals surface area contributed by atoms with Crippen LogP contribution in [-0.2, 0) is 23.9 Å². The minimum absolute atomic E-state index is 0.00235. The maximum Gasteiger partial charge on any atom is 0.338 e. The lowest BCUT2D eigenvalue weighted by molar-refractivity contribution is -0.123. The Labute approximate surface area is 312 Å². The Morgan fingerprint density at radius 2 is 1.49 bits per heavy atom. The van der Waals surface area contributed by atoms with Gasteiger partial charge in [-0.05, 0) is 104 Å². The molecule has 4 aromatic rings. The number of imide groups is 1. The number of aromatic nitrogens is 1. The zero-order chi connectivity index (χ0) is 37.0. The number of nitrogens with zero attached hydrogens (tertiary/aromatic N) is 1. The van der Waals surface area contributed by atoms with E-state index in [1.165, 1.54) is 16.2 Å². The van der Waals surface area contributed by atoms with Crippen molar-refractivity contribution in [1.29, 1.82) is 0 Å². The first-order valence-corrected chi connectivity index (χ1v) is 19.2. The number of esters is 2. The number of ether oxygens (including phenoxy) is 3. The SMILES string of the molecule is CCOC(=O)c1ccc(NC(=O)COc2cccc([C@H]3c4sc(=O)[nH]c4SC4C5CC(C6C(=O)N(c7ccc(C(=O)OCC)cc7)C(=O)C56)C43)c2)cc1. The fourth-order valence-corrected chi connectivity index (χ4v) is 11.5. The van der Waals surface area contributed by atoms with Gasteiger partial charge in [-0.3, -0.25) is 24.1 Å². The number of thioether (sulfide) groups is 1. The molecule has 2 saturated carbocycles. The molecule has 2 bridgehead atoms. The number of amides is 3. The van der Waals surface area contributed by atoms with E-state index in [4.69, 9.17) is 14.2 Å². The summed E-state index contributed by atoms with van der Waals surface area (Å²) >= 11 is 2.77.